The highest BCUT2D eigenvalue weighted by atomic mass is 32.2. The van der Waals surface area contributed by atoms with Crippen molar-refractivity contribution in [2.75, 3.05) is 24.2 Å². The quantitative estimate of drug-likeness (QED) is 0.393. The van der Waals surface area contributed by atoms with Crippen LogP contribution in [0.5, 0.6) is 0 Å². The van der Waals surface area contributed by atoms with Crippen LogP contribution in [0.15, 0.2) is 66.0 Å². The fourth-order valence-electron chi connectivity index (χ4n) is 4.19. The van der Waals surface area contributed by atoms with Gasteiger partial charge in [-0.25, -0.2) is 18.4 Å². The van der Waals surface area contributed by atoms with Crippen molar-refractivity contribution in [2.45, 2.75) is 24.5 Å². The van der Waals surface area contributed by atoms with E-state index in [0.717, 1.165) is 29.7 Å². The van der Waals surface area contributed by atoms with Gasteiger partial charge < -0.3 is 15.3 Å². The van der Waals surface area contributed by atoms with Crippen molar-refractivity contribution >= 4 is 32.5 Å². The van der Waals surface area contributed by atoms with Crippen molar-refractivity contribution in [1.82, 2.24) is 25.3 Å². The third kappa shape index (κ3) is 5.42. The number of aliphatic hydroxyl groups is 1. The molecule has 10 nitrogen and oxygen atoms in total. The number of aliphatic hydroxyl groups excluding tert-OH is 1. The van der Waals surface area contributed by atoms with Gasteiger partial charge in [0.1, 0.15) is 5.82 Å². The van der Waals surface area contributed by atoms with E-state index in [-0.39, 0.29) is 29.0 Å². The molecule has 0 aliphatic carbocycles. The van der Waals surface area contributed by atoms with Crippen LogP contribution in [0.25, 0.3) is 22.3 Å². The van der Waals surface area contributed by atoms with E-state index in [4.69, 9.17) is 9.97 Å². The molecule has 1 fully saturated rings. The van der Waals surface area contributed by atoms with Crippen molar-refractivity contribution in [3.8, 4) is 11.4 Å². The summed E-state index contributed by atoms with van der Waals surface area (Å²) in [7, 11) is -3.47. The van der Waals surface area contributed by atoms with Gasteiger partial charge in [-0.15, -0.1) is 0 Å². The SMILES string of the molecule is C[C@H]1CN(c2cccc(-c3ccc4cnc(CNC(=O)c5cncc(S(C)(=O)=O)c5)cc4n3)n2)C[C@H]1O. The highest BCUT2D eigenvalue weighted by molar-refractivity contribution is 7.90. The van der Waals surface area contributed by atoms with Crippen LogP contribution >= 0.6 is 0 Å². The number of rotatable bonds is 6. The first-order chi connectivity index (χ1) is 17.7. The van der Waals surface area contributed by atoms with Crippen molar-refractivity contribution < 1.29 is 18.3 Å². The minimum Gasteiger partial charge on any atom is -0.391 e. The lowest BCUT2D eigenvalue weighted by Crippen LogP contribution is -2.23. The van der Waals surface area contributed by atoms with Gasteiger partial charge in [-0.1, -0.05) is 13.0 Å². The molecule has 4 aromatic heterocycles. The molecule has 1 aliphatic heterocycles. The molecule has 0 saturated carbocycles. The number of sulfone groups is 1. The lowest BCUT2D eigenvalue weighted by Gasteiger charge is -2.17. The van der Waals surface area contributed by atoms with Crippen molar-refractivity contribution in [1.29, 1.82) is 0 Å². The third-order valence-corrected chi connectivity index (χ3v) is 7.44. The molecule has 2 atom stereocenters. The topological polar surface area (TPSA) is 138 Å². The molecule has 1 aliphatic rings. The van der Waals surface area contributed by atoms with E-state index in [9.17, 15) is 18.3 Å². The summed E-state index contributed by atoms with van der Waals surface area (Å²) >= 11 is 0. The Balaban J connectivity index is 1.34. The molecule has 0 aromatic carbocycles. The van der Waals surface area contributed by atoms with Gasteiger partial charge in [0, 0.05) is 49.2 Å². The van der Waals surface area contributed by atoms with Gasteiger partial charge >= 0.3 is 0 Å². The summed E-state index contributed by atoms with van der Waals surface area (Å²) in [5.74, 6) is 0.537. The van der Waals surface area contributed by atoms with Crippen LogP contribution < -0.4 is 10.2 Å². The number of nitrogens with one attached hydrogen (secondary N) is 1. The summed E-state index contributed by atoms with van der Waals surface area (Å²) in [6.45, 7) is 3.46. The van der Waals surface area contributed by atoms with Gasteiger partial charge in [-0.05, 0) is 36.4 Å². The molecule has 11 heteroatoms. The van der Waals surface area contributed by atoms with Gasteiger partial charge in [0.25, 0.3) is 5.91 Å². The van der Waals surface area contributed by atoms with Crippen molar-refractivity contribution in [3.63, 3.8) is 0 Å². The molecule has 37 heavy (non-hydrogen) atoms. The fraction of sp³-hybridized carbons (Fsp3) is 0.269. The Bertz CT molecular complexity index is 1580. The maximum atomic E-state index is 12.6. The minimum absolute atomic E-state index is 0.0196. The molecule has 4 aromatic rings. The predicted molar refractivity (Wildman–Crippen MR) is 139 cm³/mol. The summed E-state index contributed by atoms with van der Waals surface area (Å²) in [5.41, 5.74) is 2.87. The number of β-amino-alcohol motifs (C(OH)–C–C–N with tert-alkyl or cyclic N) is 1. The number of carbonyl (C=O) groups is 1. The van der Waals surface area contributed by atoms with Crippen LogP contribution in [-0.2, 0) is 16.4 Å². The third-order valence-electron chi connectivity index (χ3n) is 6.36. The Morgan fingerprint density at radius 2 is 1.89 bits per heavy atom. The normalized spacial score (nSPS) is 17.8. The molecule has 1 amide bonds. The van der Waals surface area contributed by atoms with E-state index < -0.39 is 15.7 Å². The molecular formula is C26H26N6O4S. The second-order valence-corrected chi connectivity index (χ2v) is 11.3. The summed E-state index contributed by atoms with van der Waals surface area (Å²) in [4.78, 5) is 32.4. The molecule has 0 radical (unpaired) electrons. The number of aromatic nitrogens is 4. The van der Waals surface area contributed by atoms with Gasteiger partial charge in [-0.3, -0.25) is 14.8 Å². The van der Waals surface area contributed by atoms with Crippen molar-refractivity contribution in [2.24, 2.45) is 5.92 Å². The van der Waals surface area contributed by atoms with Crippen LogP contribution in [-0.4, -0.2) is 64.8 Å². The Kier molecular flexibility index (Phi) is 6.57. The summed E-state index contributed by atoms with van der Waals surface area (Å²) < 4.78 is 23.5. The van der Waals surface area contributed by atoms with Crippen LogP contribution in [0.1, 0.15) is 23.0 Å². The number of anilines is 1. The summed E-state index contributed by atoms with van der Waals surface area (Å²) in [6, 6.07) is 12.7. The van der Waals surface area contributed by atoms with Gasteiger partial charge in [0.05, 0.1) is 45.7 Å². The van der Waals surface area contributed by atoms with Gasteiger partial charge in [-0.2, -0.15) is 0 Å². The lowest BCUT2D eigenvalue weighted by atomic mass is 10.1. The maximum absolute atomic E-state index is 12.6. The average Bonchev–Trinajstić information content (AvgIpc) is 3.24. The molecule has 5 rings (SSSR count). The zero-order valence-corrected chi connectivity index (χ0v) is 21.2. The van der Waals surface area contributed by atoms with Crippen LogP contribution in [0.4, 0.5) is 5.82 Å². The number of carbonyl (C=O) groups excluding carboxylic acids is 1. The number of amides is 1. The molecule has 5 heterocycles. The Morgan fingerprint density at radius 3 is 2.65 bits per heavy atom. The Hall–Kier alpha value is -3.96. The first kappa shape index (κ1) is 24.7. The number of nitrogens with zero attached hydrogens (tertiary/aromatic N) is 5. The number of hydrogen-bond acceptors (Lipinski definition) is 9. The Morgan fingerprint density at radius 1 is 1.08 bits per heavy atom. The number of hydrogen-bond donors (Lipinski definition) is 2. The van der Waals surface area contributed by atoms with Gasteiger partial charge in [0.2, 0.25) is 0 Å². The Labute approximate surface area is 214 Å². The van der Waals surface area contributed by atoms with Crippen LogP contribution in [0.3, 0.4) is 0 Å². The first-order valence-electron chi connectivity index (χ1n) is 11.8. The highest BCUT2D eigenvalue weighted by Gasteiger charge is 2.28. The highest BCUT2D eigenvalue weighted by Crippen LogP contribution is 2.26. The monoisotopic (exact) mass is 518 g/mol. The fourth-order valence-corrected chi connectivity index (χ4v) is 4.79. The maximum Gasteiger partial charge on any atom is 0.253 e. The van der Waals surface area contributed by atoms with E-state index in [2.05, 4.69) is 20.2 Å². The molecule has 190 valence electrons. The zero-order chi connectivity index (χ0) is 26.2. The van der Waals surface area contributed by atoms with Crippen LogP contribution in [0, 0.1) is 5.92 Å². The molecule has 2 N–H and O–H groups in total. The van der Waals surface area contributed by atoms with E-state index in [1.807, 2.05) is 37.3 Å². The van der Waals surface area contributed by atoms with E-state index >= 15 is 0 Å². The molecule has 0 spiro atoms. The second-order valence-electron chi connectivity index (χ2n) is 9.26. The van der Waals surface area contributed by atoms with Crippen LogP contribution in [0.2, 0.25) is 0 Å². The van der Waals surface area contributed by atoms with E-state index in [1.165, 1.54) is 18.5 Å². The van der Waals surface area contributed by atoms with Crippen molar-refractivity contribution in [3.05, 3.63) is 72.3 Å². The summed E-state index contributed by atoms with van der Waals surface area (Å²) in [6.07, 6.45) is 4.91. The minimum atomic E-state index is -3.47. The summed E-state index contributed by atoms with van der Waals surface area (Å²) in [5, 5.41) is 13.7. The smallest absolute Gasteiger partial charge is 0.253 e. The van der Waals surface area contributed by atoms with E-state index in [0.29, 0.717) is 23.4 Å². The standard InChI is InChI=1S/C26H26N6O4S/c1-16-14-32(15-24(16)33)25-5-3-4-21(31-25)22-7-6-17-11-28-19(9-23(17)30-22)12-29-26(34)18-8-20(13-27-10-18)37(2,35)36/h3-11,13,16,24,33H,12,14-15H2,1-2H3,(H,29,34)/t16-,24+/m0/s1. The zero-order valence-electron chi connectivity index (χ0n) is 20.4. The molecule has 0 bridgehead atoms. The second kappa shape index (κ2) is 9.83. The number of pyridine rings is 4. The first-order valence-corrected chi connectivity index (χ1v) is 13.7. The average molecular weight is 519 g/mol. The molecule has 0 unspecified atom stereocenters. The number of fused-ring (bicyclic) bond motifs is 1. The largest absolute Gasteiger partial charge is 0.391 e. The van der Waals surface area contributed by atoms with E-state index in [1.54, 1.807) is 12.3 Å². The predicted octanol–water partition coefficient (Wildman–Crippen LogP) is 2.24. The molecular weight excluding hydrogens is 492 g/mol. The lowest BCUT2D eigenvalue weighted by molar-refractivity contribution is 0.0949. The van der Waals surface area contributed by atoms with Gasteiger partial charge in [0.15, 0.2) is 9.84 Å². The molecule has 1 saturated heterocycles.